The van der Waals surface area contributed by atoms with Crippen LogP contribution in [0.1, 0.15) is 37.4 Å². The van der Waals surface area contributed by atoms with E-state index in [9.17, 15) is 0 Å². The summed E-state index contributed by atoms with van der Waals surface area (Å²) in [6.07, 6.45) is 12.0. The summed E-state index contributed by atoms with van der Waals surface area (Å²) in [6.45, 7) is 5.58. The highest BCUT2D eigenvalue weighted by atomic mass is 15.1. The van der Waals surface area contributed by atoms with Crippen molar-refractivity contribution >= 4 is 0 Å². The largest absolute Gasteiger partial charge is 0.314 e. The Labute approximate surface area is 115 Å². The Bertz CT molecular complexity index is 449. The van der Waals surface area contributed by atoms with Crippen LogP contribution in [0, 0.1) is 24.7 Å². The van der Waals surface area contributed by atoms with E-state index in [4.69, 9.17) is 0 Å². The van der Waals surface area contributed by atoms with Gasteiger partial charge in [0.05, 0.1) is 6.20 Å². The quantitative estimate of drug-likeness (QED) is 0.609. The lowest BCUT2D eigenvalue weighted by molar-refractivity contribution is 0.327. The van der Waals surface area contributed by atoms with Gasteiger partial charge in [0.15, 0.2) is 0 Å². The van der Waals surface area contributed by atoms with Gasteiger partial charge in [-0.1, -0.05) is 12.2 Å². The number of hydrogen-bond acceptors (Lipinski definition) is 2. The normalized spacial score (nSPS) is 30.1. The maximum atomic E-state index is 4.07. The van der Waals surface area contributed by atoms with Crippen molar-refractivity contribution < 1.29 is 0 Å². The number of aromatic amines is 1. The van der Waals surface area contributed by atoms with Gasteiger partial charge in [0.2, 0.25) is 0 Å². The molecule has 0 aromatic carbocycles. The number of rotatable bonds is 6. The van der Waals surface area contributed by atoms with Gasteiger partial charge in [0.1, 0.15) is 0 Å². The fourth-order valence-corrected chi connectivity index (χ4v) is 3.79. The highest BCUT2D eigenvalue weighted by Gasteiger charge is 2.38. The average molecular weight is 259 g/mol. The van der Waals surface area contributed by atoms with Crippen LogP contribution < -0.4 is 5.32 Å². The molecule has 3 rings (SSSR count). The molecule has 0 amide bonds. The van der Waals surface area contributed by atoms with Gasteiger partial charge in [-0.25, -0.2) is 0 Å². The molecule has 104 valence electrons. The Morgan fingerprint density at radius 1 is 1.42 bits per heavy atom. The minimum Gasteiger partial charge on any atom is -0.314 e. The summed E-state index contributed by atoms with van der Waals surface area (Å²) in [4.78, 5) is 0. The zero-order chi connectivity index (χ0) is 13.2. The van der Waals surface area contributed by atoms with Crippen LogP contribution in [-0.2, 0) is 6.42 Å². The molecule has 2 N–H and O–H groups in total. The number of nitrogens with zero attached hydrogens (tertiary/aromatic N) is 1. The maximum absolute atomic E-state index is 4.07. The van der Waals surface area contributed by atoms with Crippen LogP contribution >= 0.6 is 0 Å². The third-order valence-electron chi connectivity index (χ3n) is 5.00. The van der Waals surface area contributed by atoms with Gasteiger partial charge in [-0.15, -0.1) is 0 Å². The minimum absolute atomic E-state index is 0.658. The third kappa shape index (κ3) is 2.76. The van der Waals surface area contributed by atoms with Gasteiger partial charge in [-0.3, -0.25) is 5.10 Å². The van der Waals surface area contributed by atoms with Gasteiger partial charge in [-0.2, -0.15) is 5.10 Å². The van der Waals surface area contributed by atoms with Crippen molar-refractivity contribution in [2.75, 3.05) is 6.54 Å². The lowest BCUT2D eigenvalue weighted by atomic mass is 9.87. The molecule has 1 aromatic heterocycles. The number of nitrogens with one attached hydrogen (secondary N) is 2. The second kappa shape index (κ2) is 5.49. The van der Waals surface area contributed by atoms with Gasteiger partial charge in [0, 0.05) is 11.7 Å². The number of allylic oxidation sites excluding steroid dienone is 2. The van der Waals surface area contributed by atoms with E-state index in [1.807, 2.05) is 6.20 Å². The SMILES string of the molecule is Cc1[nH]ncc1CCCNC(C)C1CC2C=CC1C2. The molecule has 0 aliphatic heterocycles. The highest BCUT2D eigenvalue weighted by molar-refractivity contribution is 5.14. The zero-order valence-corrected chi connectivity index (χ0v) is 12.0. The van der Waals surface area contributed by atoms with Crippen molar-refractivity contribution in [2.45, 2.75) is 45.6 Å². The van der Waals surface area contributed by atoms with Crippen molar-refractivity contribution in [3.63, 3.8) is 0 Å². The molecule has 4 unspecified atom stereocenters. The van der Waals surface area contributed by atoms with Crippen molar-refractivity contribution in [3.8, 4) is 0 Å². The fraction of sp³-hybridized carbons (Fsp3) is 0.688. The Hall–Kier alpha value is -1.09. The van der Waals surface area contributed by atoms with Crippen molar-refractivity contribution in [1.82, 2.24) is 15.5 Å². The molecule has 1 aromatic rings. The maximum Gasteiger partial charge on any atom is 0.0522 e. The summed E-state index contributed by atoms with van der Waals surface area (Å²) in [6, 6.07) is 0.658. The highest BCUT2D eigenvalue weighted by Crippen LogP contribution is 2.44. The van der Waals surface area contributed by atoms with Gasteiger partial charge >= 0.3 is 0 Å². The van der Waals surface area contributed by atoms with E-state index in [1.54, 1.807) is 0 Å². The number of aromatic nitrogens is 2. The van der Waals surface area contributed by atoms with E-state index in [0.717, 1.165) is 30.7 Å². The van der Waals surface area contributed by atoms with E-state index >= 15 is 0 Å². The minimum atomic E-state index is 0.658. The molecule has 0 saturated heterocycles. The summed E-state index contributed by atoms with van der Waals surface area (Å²) in [5.41, 5.74) is 2.57. The Balaban J connectivity index is 1.38. The van der Waals surface area contributed by atoms with E-state index in [0.29, 0.717) is 6.04 Å². The molecule has 2 aliphatic rings. The van der Waals surface area contributed by atoms with E-state index in [1.165, 1.54) is 30.5 Å². The standard InChI is InChI=1S/C16H25N3/c1-11-15(10-18-19-11)4-3-7-17-12(2)16-9-13-5-6-14(16)8-13/h5-6,10,12-14,16-17H,3-4,7-9H2,1-2H3,(H,18,19). The summed E-state index contributed by atoms with van der Waals surface area (Å²) < 4.78 is 0. The molecule has 2 aliphatic carbocycles. The molecule has 0 radical (unpaired) electrons. The smallest absolute Gasteiger partial charge is 0.0522 e. The first kappa shape index (κ1) is 12.9. The van der Waals surface area contributed by atoms with Crippen LogP contribution in [0.3, 0.4) is 0 Å². The van der Waals surface area contributed by atoms with Gasteiger partial charge in [0.25, 0.3) is 0 Å². The van der Waals surface area contributed by atoms with Crippen LogP contribution in [-0.4, -0.2) is 22.8 Å². The van der Waals surface area contributed by atoms with Gasteiger partial charge < -0.3 is 5.32 Å². The molecule has 1 heterocycles. The molecular weight excluding hydrogens is 234 g/mol. The summed E-state index contributed by atoms with van der Waals surface area (Å²) in [5.74, 6) is 2.60. The fourth-order valence-electron chi connectivity index (χ4n) is 3.79. The second-order valence-corrected chi connectivity index (χ2v) is 6.31. The van der Waals surface area contributed by atoms with Crippen LogP contribution in [0.25, 0.3) is 0 Å². The lowest BCUT2D eigenvalue weighted by Gasteiger charge is -2.26. The van der Waals surface area contributed by atoms with Crippen LogP contribution in [0.2, 0.25) is 0 Å². The van der Waals surface area contributed by atoms with Crippen LogP contribution in [0.15, 0.2) is 18.3 Å². The number of fused-ring (bicyclic) bond motifs is 2. The number of hydrogen-bond donors (Lipinski definition) is 2. The van der Waals surface area contributed by atoms with Gasteiger partial charge in [-0.05, 0) is 69.4 Å². The van der Waals surface area contributed by atoms with Crippen molar-refractivity contribution in [1.29, 1.82) is 0 Å². The van der Waals surface area contributed by atoms with Crippen LogP contribution in [0.5, 0.6) is 0 Å². The predicted octanol–water partition coefficient (Wildman–Crippen LogP) is 2.84. The summed E-state index contributed by atoms with van der Waals surface area (Å²) in [5, 5.41) is 10.8. The summed E-state index contributed by atoms with van der Waals surface area (Å²) >= 11 is 0. The molecule has 19 heavy (non-hydrogen) atoms. The second-order valence-electron chi connectivity index (χ2n) is 6.31. The molecule has 3 heteroatoms. The molecule has 2 bridgehead atoms. The topological polar surface area (TPSA) is 40.7 Å². The Morgan fingerprint density at radius 2 is 2.32 bits per heavy atom. The van der Waals surface area contributed by atoms with Crippen molar-refractivity contribution in [3.05, 3.63) is 29.6 Å². The van der Waals surface area contributed by atoms with E-state index in [2.05, 4.69) is 41.5 Å². The molecular formula is C16H25N3. The molecule has 1 fully saturated rings. The first-order valence-corrected chi connectivity index (χ1v) is 7.64. The number of H-pyrrole nitrogens is 1. The molecule has 0 spiro atoms. The van der Waals surface area contributed by atoms with E-state index in [-0.39, 0.29) is 0 Å². The lowest BCUT2D eigenvalue weighted by Crippen LogP contribution is -2.36. The molecule has 4 atom stereocenters. The molecule has 3 nitrogen and oxygen atoms in total. The average Bonchev–Trinajstić information content (AvgIpc) is 3.11. The monoisotopic (exact) mass is 259 g/mol. The van der Waals surface area contributed by atoms with Crippen LogP contribution in [0.4, 0.5) is 0 Å². The van der Waals surface area contributed by atoms with E-state index < -0.39 is 0 Å². The van der Waals surface area contributed by atoms with Crippen molar-refractivity contribution in [2.24, 2.45) is 17.8 Å². The predicted molar refractivity (Wildman–Crippen MR) is 78.0 cm³/mol. The molecule has 1 saturated carbocycles. The third-order valence-corrected chi connectivity index (χ3v) is 5.00. The number of aryl methyl sites for hydroxylation is 2. The zero-order valence-electron chi connectivity index (χ0n) is 12.0. The summed E-state index contributed by atoms with van der Waals surface area (Å²) in [7, 11) is 0. The first-order valence-electron chi connectivity index (χ1n) is 7.64. The Kier molecular flexibility index (Phi) is 3.74. The Morgan fingerprint density at radius 3 is 2.95 bits per heavy atom. The first-order chi connectivity index (χ1) is 9.24.